The highest BCUT2D eigenvalue weighted by molar-refractivity contribution is 5.94. The Morgan fingerprint density at radius 1 is 1.43 bits per heavy atom. The first-order chi connectivity index (χ1) is 6.79. The molecule has 72 valence electrons. The molecule has 0 aromatic heterocycles. The lowest BCUT2D eigenvalue weighted by atomic mass is 10.0. The molecule has 4 nitrogen and oxygen atoms in total. The van der Waals surface area contributed by atoms with Gasteiger partial charge < -0.3 is 10.6 Å². The maximum absolute atomic E-state index is 11.1. The van der Waals surface area contributed by atoms with Crippen molar-refractivity contribution in [1.29, 1.82) is 0 Å². The van der Waals surface area contributed by atoms with Crippen LogP contribution < -0.4 is 11.2 Å². The van der Waals surface area contributed by atoms with Crippen LogP contribution in [0.25, 0.3) is 0 Å². The Morgan fingerprint density at radius 3 is 2.86 bits per heavy atom. The molecule has 1 aromatic carbocycles. The van der Waals surface area contributed by atoms with Crippen LogP contribution in [0.4, 0.5) is 0 Å². The van der Waals surface area contributed by atoms with E-state index in [0.29, 0.717) is 5.56 Å². The van der Waals surface area contributed by atoms with Gasteiger partial charge in [0.05, 0.1) is 6.04 Å². The quantitative estimate of drug-likeness (QED) is 0.727. The number of amides is 1. The highest BCUT2D eigenvalue weighted by Gasteiger charge is 2.17. The number of nitrogens with one attached hydrogen (secondary N) is 1. The minimum atomic E-state index is -0.428. The number of rotatable bonds is 2. The Hall–Kier alpha value is -1.81. The summed E-state index contributed by atoms with van der Waals surface area (Å²) < 4.78 is 0. The fourth-order valence-electron chi connectivity index (χ4n) is 1.43. The van der Waals surface area contributed by atoms with E-state index in [1.165, 1.54) is 0 Å². The lowest BCUT2D eigenvalue weighted by Crippen LogP contribution is -2.19. The number of carbonyl (C=O) groups is 1. The van der Waals surface area contributed by atoms with E-state index in [1.54, 1.807) is 18.4 Å². The highest BCUT2D eigenvalue weighted by Crippen LogP contribution is 2.21. The number of hydrogen-bond donors (Lipinski definition) is 2. The Labute approximate surface area is 81.3 Å². The molecule has 0 fully saturated rings. The van der Waals surface area contributed by atoms with Gasteiger partial charge in [-0.3, -0.25) is 4.79 Å². The predicted octanol–water partition coefficient (Wildman–Crippen LogP) is 0.875. The molecular formula is C10H10N2O2. The molecule has 0 aliphatic carbocycles. The number of nitrogens with two attached hydrogens (primary N) is 1. The molecule has 3 N–H and O–H groups in total. The van der Waals surface area contributed by atoms with Crippen molar-refractivity contribution in [2.24, 2.45) is 5.73 Å². The summed E-state index contributed by atoms with van der Waals surface area (Å²) in [6, 6.07) is 7.08. The Bertz CT molecular complexity index is 387. The number of benzene rings is 1. The first kappa shape index (κ1) is 8.77. The molecule has 1 aliphatic rings. The van der Waals surface area contributed by atoms with E-state index >= 15 is 0 Å². The van der Waals surface area contributed by atoms with Crippen molar-refractivity contribution in [2.75, 3.05) is 0 Å². The predicted molar refractivity (Wildman–Crippen MR) is 51.1 cm³/mol. The van der Waals surface area contributed by atoms with Gasteiger partial charge in [0.15, 0.2) is 0 Å². The van der Waals surface area contributed by atoms with E-state index in [1.807, 2.05) is 18.2 Å². The van der Waals surface area contributed by atoms with Gasteiger partial charge >= 0.3 is 0 Å². The third-order valence-corrected chi connectivity index (χ3v) is 2.10. The summed E-state index contributed by atoms with van der Waals surface area (Å²) in [4.78, 5) is 16.0. The molecule has 1 aliphatic heterocycles. The van der Waals surface area contributed by atoms with Crippen molar-refractivity contribution in [1.82, 2.24) is 5.48 Å². The van der Waals surface area contributed by atoms with Gasteiger partial charge in [-0.2, -0.15) is 0 Å². The molecule has 1 unspecified atom stereocenters. The van der Waals surface area contributed by atoms with Gasteiger partial charge in [-0.25, -0.2) is 0 Å². The summed E-state index contributed by atoms with van der Waals surface area (Å²) in [6.45, 7) is 0. The third-order valence-electron chi connectivity index (χ3n) is 2.10. The van der Waals surface area contributed by atoms with Gasteiger partial charge in [0.1, 0.15) is 6.26 Å². The lowest BCUT2D eigenvalue weighted by molar-refractivity contribution is 0.0996. The Kier molecular flexibility index (Phi) is 2.20. The second kappa shape index (κ2) is 3.51. The monoisotopic (exact) mass is 190 g/mol. The molecule has 4 heteroatoms. The smallest absolute Gasteiger partial charge is 0.249 e. The van der Waals surface area contributed by atoms with Crippen molar-refractivity contribution in [3.63, 3.8) is 0 Å². The van der Waals surface area contributed by atoms with Crippen LogP contribution in [0.2, 0.25) is 0 Å². The topological polar surface area (TPSA) is 64.4 Å². The molecule has 1 atom stereocenters. The molecule has 0 bridgehead atoms. The summed E-state index contributed by atoms with van der Waals surface area (Å²) in [5.41, 5.74) is 9.34. The normalized spacial score (nSPS) is 19.3. The van der Waals surface area contributed by atoms with Crippen LogP contribution in [0.1, 0.15) is 22.0 Å². The van der Waals surface area contributed by atoms with Crippen molar-refractivity contribution >= 4 is 5.91 Å². The zero-order valence-electron chi connectivity index (χ0n) is 7.44. The number of hydroxylamine groups is 1. The van der Waals surface area contributed by atoms with Crippen LogP contribution >= 0.6 is 0 Å². The van der Waals surface area contributed by atoms with Crippen molar-refractivity contribution in [3.8, 4) is 0 Å². The summed E-state index contributed by atoms with van der Waals surface area (Å²) >= 11 is 0. The number of carbonyl (C=O) groups excluding carboxylic acids is 1. The van der Waals surface area contributed by atoms with E-state index in [0.717, 1.165) is 5.56 Å². The number of primary amides is 1. The van der Waals surface area contributed by atoms with Gasteiger partial charge in [-0.15, -0.1) is 5.48 Å². The van der Waals surface area contributed by atoms with Crippen LogP contribution in [0, 0.1) is 0 Å². The first-order valence-corrected chi connectivity index (χ1v) is 4.25. The Balaban J connectivity index is 2.40. The fraction of sp³-hybridized carbons (Fsp3) is 0.100. The van der Waals surface area contributed by atoms with Gasteiger partial charge in [0.2, 0.25) is 5.91 Å². The van der Waals surface area contributed by atoms with Crippen molar-refractivity contribution < 1.29 is 9.63 Å². The molecule has 1 aromatic rings. The summed E-state index contributed by atoms with van der Waals surface area (Å²) in [5, 5.41) is 0. The molecule has 0 saturated carbocycles. The summed E-state index contributed by atoms with van der Waals surface area (Å²) in [5.74, 6) is -0.428. The van der Waals surface area contributed by atoms with E-state index < -0.39 is 5.91 Å². The standard InChI is InChI=1S/C10H10N2O2/c11-10(13)8-4-2-1-3-7(8)9-5-6-14-12-9/h1-6,9,12H,(H2,11,13). The molecule has 0 spiro atoms. The van der Waals surface area contributed by atoms with Crippen molar-refractivity contribution in [2.45, 2.75) is 6.04 Å². The largest absolute Gasteiger partial charge is 0.416 e. The minimum Gasteiger partial charge on any atom is -0.416 e. The molecule has 0 radical (unpaired) electrons. The van der Waals surface area contributed by atoms with Crippen LogP contribution in [-0.2, 0) is 4.84 Å². The average Bonchev–Trinajstić information content (AvgIpc) is 2.70. The lowest BCUT2D eigenvalue weighted by Gasteiger charge is -2.11. The zero-order chi connectivity index (χ0) is 9.97. The van der Waals surface area contributed by atoms with Gasteiger partial charge in [-0.1, -0.05) is 18.2 Å². The molecule has 1 amide bonds. The van der Waals surface area contributed by atoms with E-state index in [-0.39, 0.29) is 6.04 Å². The van der Waals surface area contributed by atoms with E-state index in [2.05, 4.69) is 5.48 Å². The number of hydrogen-bond acceptors (Lipinski definition) is 3. The molecule has 1 heterocycles. The van der Waals surface area contributed by atoms with E-state index in [4.69, 9.17) is 10.6 Å². The molecule has 2 rings (SSSR count). The zero-order valence-corrected chi connectivity index (χ0v) is 7.44. The van der Waals surface area contributed by atoms with Gasteiger partial charge in [0, 0.05) is 5.56 Å². The Morgan fingerprint density at radius 2 is 2.21 bits per heavy atom. The average molecular weight is 190 g/mol. The van der Waals surface area contributed by atoms with E-state index in [9.17, 15) is 4.79 Å². The van der Waals surface area contributed by atoms with Crippen molar-refractivity contribution in [3.05, 3.63) is 47.7 Å². The summed E-state index contributed by atoms with van der Waals surface area (Å²) in [7, 11) is 0. The minimum absolute atomic E-state index is 0.0984. The van der Waals surface area contributed by atoms with Crippen LogP contribution in [-0.4, -0.2) is 5.91 Å². The second-order valence-corrected chi connectivity index (χ2v) is 2.99. The highest BCUT2D eigenvalue weighted by atomic mass is 16.6. The maximum atomic E-state index is 11.1. The SMILES string of the molecule is NC(=O)c1ccccc1C1C=CON1. The maximum Gasteiger partial charge on any atom is 0.249 e. The molecule has 0 saturated heterocycles. The second-order valence-electron chi connectivity index (χ2n) is 2.99. The van der Waals surface area contributed by atoms with Gasteiger partial charge in [-0.05, 0) is 17.7 Å². The van der Waals surface area contributed by atoms with Crippen LogP contribution in [0.15, 0.2) is 36.6 Å². The fourth-order valence-corrected chi connectivity index (χ4v) is 1.43. The van der Waals surface area contributed by atoms with Gasteiger partial charge in [0.25, 0.3) is 0 Å². The van der Waals surface area contributed by atoms with Crippen LogP contribution in [0.5, 0.6) is 0 Å². The molecular weight excluding hydrogens is 180 g/mol. The van der Waals surface area contributed by atoms with Crippen LogP contribution in [0.3, 0.4) is 0 Å². The molecule has 14 heavy (non-hydrogen) atoms. The third kappa shape index (κ3) is 1.47. The first-order valence-electron chi connectivity index (χ1n) is 4.25. The summed E-state index contributed by atoms with van der Waals surface area (Å²) in [6.07, 6.45) is 3.37.